The SMILES string of the molecule is C/C(=N/Nc1ccc(S(=O)(=O)Nc2ccc(C)cc2C)cc1[N+](=O)[O-])c1ccc2c(c1)OCO2. The second-order valence-electron chi connectivity index (χ2n) is 7.74. The Kier molecular flexibility index (Phi) is 6.12. The van der Waals surface area contributed by atoms with Gasteiger partial charge in [0.2, 0.25) is 6.79 Å². The molecule has 3 aromatic carbocycles. The smallest absolute Gasteiger partial charge is 0.295 e. The van der Waals surface area contributed by atoms with Gasteiger partial charge in [0, 0.05) is 11.6 Å². The molecular formula is C23H22N4O6S. The molecule has 176 valence electrons. The summed E-state index contributed by atoms with van der Waals surface area (Å²) in [6.07, 6.45) is 0. The lowest BCUT2D eigenvalue weighted by molar-refractivity contribution is -0.384. The first-order valence-corrected chi connectivity index (χ1v) is 11.7. The zero-order chi connectivity index (χ0) is 24.5. The van der Waals surface area contributed by atoms with E-state index < -0.39 is 20.6 Å². The predicted molar refractivity (Wildman–Crippen MR) is 128 cm³/mol. The van der Waals surface area contributed by atoms with Crippen LogP contribution in [0.5, 0.6) is 11.5 Å². The number of fused-ring (bicyclic) bond motifs is 1. The number of aryl methyl sites for hydroxylation is 2. The first-order chi connectivity index (χ1) is 16.1. The van der Waals surface area contributed by atoms with Crippen molar-refractivity contribution >= 4 is 32.8 Å². The maximum atomic E-state index is 12.9. The average molecular weight is 483 g/mol. The highest BCUT2D eigenvalue weighted by Crippen LogP contribution is 2.33. The highest BCUT2D eigenvalue weighted by atomic mass is 32.2. The number of anilines is 2. The molecule has 10 nitrogen and oxygen atoms in total. The van der Waals surface area contributed by atoms with Gasteiger partial charge in [-0.25, -0.2) is 8.42 Å². The number of nitro benzene ring substituents is 1. The summed E-state index contributed by atoms with van der Waals surface area (Å²) in [6, 6.07) is 14.2. The van der Waals surface area contributed by atoms with Crippen LogP contribution in [0.3, 0.4) is 0 Å². The summed E-state index contributed by atoms with van der Waals surface area (Å²) in [5.74, 6) is 1.22. The topological polar surface area (TPSA) is 132 Å². The highest BCUT2D eigenvalue weighted by Gasteiger charge is 2.22. The third-order valence-electron chi connectivity index (χ3n) is 5.24. The summed E-state index contributed by atoms with van der Waals surface area (Å²) in [4.78, 5) is 10.8. The van der Waals surface area contributed by atoms with Gasteiger partial charge in [-0.15, -0.1) is 0 Å². The first kappa shape index (κ1) is 23.1. The molecule has 0 saturated heterocycles. The molecule has 1 aliphatic heterocycles. The Bertz CT molecular complexity index is 1420. The molecule has 11 heteroatoms. The van der Waals surface area contributed by atoms with Gasteiger partial charge in [0.1, 0.15) is 5.69 Å². The van der Waals surface area contributed by atoms with Crippen molar-refractivity contribution in [2.24, 2.45) is 5.10 Å². The molecule has 0 atom stereocenters. The van der Waals surface area contributed by atoms with Gasteiger partial charge in [-0.1, -0.05) is 17.7 Å². The van der Waals surface area contributed by atoms with Crippen molar-refractivity contribution in [2.45, 2.75) is 25.7 Å². The average Bonchev–Trinajstić information content (AvgIpc) is 3.27. The summed E-state index contributed by atoms with van der Waals surface area (Å²) in [6.45, 7) is 5.55. The van der Waals surface area contributed by atoms with E-state index in [-0.39, 0.29) is 17.4 Å². The van der Waals surface area contributed by atoms with E-state index >= 15 is 0 Å². The molecule has 0 unspecified atom stereocenters. The molecule has 0 amide bonds. The minimum atomic E-state index is -4.05. The number of ether oxygens (including phenoxy) is 2. The van der Waals surface area contributed by atoms with E-state index in [0.717, 1.165) is 22.8 Å². The van der Waals surface area contributed by atoms with Crippen molar-refractivity contribution in [3.8, 4) is 11.5 Å². The number of hydrogen-bond donors (Lipinski definition) is 2. The van der Waals surface area contributed by atoms with Gasteiger partial charge in [0.25, 0.3) is 15.7 Å². The van der Waals surface area contributed by atoms with Crippen LogP contribution in [0.25, 0.3) is 0 Å². The molecular weight excluding hydrogens is 460 g/mol. The van der Waals surface area contributed by atoms with Crippen LogP contribution in [0.2, 0.25) is 0 Å². The third-order valence-corrected chi connectivity index (χ3v) is 6.60. The summed E-state index contributed by atoms with van der Waals surface area (Å²) < 4.78 is 38.9. The summed E-state index contributed by atoms with van der Waals surface area (Å²) in [7, 11) is -4.05. The zero-order valence-electron chi connectivity index (χ0n) is 18.7. The molecule has 0 aliphatic carbocycles. The molecule has 2 N–H and O–H groups in total. The van der Waals surface area contributed by atoms with Gasteiger partial charge in [-0.3, -0.25) is 20.3 Å². The molecule has 3 aromatic rings. The molecule has 0 bridgehead atoms. The maximum Gasteiger partial charge on any atom is 0.295 e. The first-order valence-electron chi connectivity index (χ1n) is 10.2. The lowest BCUT2D eigenvalue weighted by Gasteiger charge is -2.12. The van der Waals surface area contributed by atoms with Crippen LogP contribution < -0.4 is 19.6 Å². The van der Waals surface area contributed by atoms with E-state index in [0.29, 0.717) is 22.9 Å². The summed E-state index contributed by atoms with van der Waals surface area (Å²) in [5, 5.41) is 15.9. The van der Waals surface area contributed by atoms with Crippen molar-refractivity contribution in [2.75, 3.05) is 16.9 Å². The fourth-order valence-corrected chi connectivity index (χ4v) is 4.54. The van der Waals surface area contributed by atoms with E-state index in [4.69, 9.17) is 9.47 Å². The van der Waals surface area contributed by atoms with E-state index in [2.05, 4.69) is 15.2 Å². The van der Waals surface area contributed by atoms with Crippen LogP contribution in [0.4, 0.5) is 17.1 Å². The van der Waals surface area contributed by atoms with Gasteiger partial charge >= 0.3 is 0 Å². The normalized spacial score (nSPS) is 13.0. The lowest BCUT2D eigenvalue weighted by atomic mass is 10.1. The van der Waals surface area contributed by atoms with Crippen molar-refractivity contribution in [1.82, 2.24) is 0 Å². The second-order valence-corrected chi connectivity index (χ2v) is 9.42. The van der Waals surface area contributed by atoms with Gasteiger partial charge in [-0.05, 0) is 62.7 Å². The van der Waals surface area contributed by atoms with Crippen LogP contribution in [0.1, 0.15) is 23.6 Å². The highest BCUT2D eigenvalue weighted by molar-refractivity contribution is 7.92. The van der Waals surface area contributed by atoms with Crippen LogP contribution >= 0.6 is 0 Å². The molecule has 1 heterocycles. The fraction of sp³-hybridized carbons (Fsp3) is 0.174. The molecule has 4 rings (SSSR count). The molecule has 0 spiro atoms. The number of hydrazone groups is 1. The standard InChI is InChI=1S/C23H22N4O6S/c1-14-4-7-19(15(2)10-14)26-34(30,31)18-6-8-20(21(12-18)27(28)29)25-24-16(3)17-5-9-22-23(11-17)33-13-32-22/h4-12,25-26H,13H2,1-3H3/b24-16-. The predicted octanol–water partition coefficient (Wildman–Crippen LogP) is 4.58. The Morgan fingerprint density at radius 3 is 2.47 bits per heavy atom. The van der Waals surface area contributed by atoms with Crippen molar-refractivity contribution in [3.63, 3.8) is 0 Å². The minimum Gasteiger partial charge on any atom is -0.454 e. The largest absolute Gasteiger partial charge is 0.454 e. The minimum absolute atomic E-state index is 0.0514. The Morgan fingerprint density at radius 1 is 1.00 bits per heavy atom. The molecule has 0 radical (unpaired) electrons. The van der Waals surface area contributed by atoms with Crippen LogP contribution in [0.15, 0.2) is 64.6 Å². The van der Waals surface area contributed by atoms with E-state index in [9.17, 15) is 18.5 Å². The summed E-state index contributed by atoms with van der Waals surface area (Å²) in [5.41, 5.74) is 5.70. The lowest BCUT2D eigenvalue weighted by Crippen LogP contribution is -2.14. The van der Waals surface area contributed by atoms with Gasteiger partial charge < -0.3 is 9.47 Å². The zero-order valence-corrected chi connectivity index (χ0v) is 19.5. The molecule has 1 aliphatic rings. The second kappa shape index (κ2) is 9.02. The number of nitrogens with one attached hydrogen (secondary N) is 2. The van der Waals surface area contributed by atoms with Crippen molar-refractivity contribution in [3.05, 3.63) is 81.4 Å². The van der Waals surface area contributed by atoms with Gasteiger partial charge in [0.15, 0.2) is 11.5 Å². The van der Waals surface area contributed by atoms with Crippen molar-refractivity contribution < 1.29 is 22.8 Å². The quantitative estimate of drug-likeness (QED) is 0.286. The number of hydrogen-bond acceptors (Lipinski definition) is 8. The monoisotopic (exact) mass is 482 g/mol. The van der Waals surface area contributed by atoms with E-state index in [1.54, 1.807) is 44.2 Å². The molecule has 34 heavy (non-hydrogen) atoms. The number of sulfonamides is 1. The van der Waals surface area contributed by atoms with Gasteiger partial charge in [-0.2, -0.15) is 5.10 Å². The van der Waals surface area contributed by atoms with Crippen LogP contribution in [-0.4, -0.2) is 25.8 Å². The fourth-order valence-electron chi connectivity index (χ4n) is 3.39. The number of nitrogens with zero attached hydrogens (tertiary/aromatic N) is 2. The number of rotatable bonds is 7. The Balaban J connectivity index is 1.59. The summed E-state index contributed by atoms with van der Waals surface area (Å²) >= 11 is 0. The Hall–Kier alpha value is -4.12. The van der Waals surface area contributed by atoms with Crippen LogP contribution in [-0.2, 0) is 10.0 Å². The third kappa shape index (κ3) is 4.79. The van der Waals surface area contributed by atoms with E-state index in [1.165, 1.54) is 12.1 Å². The van der Waals surface area contributed by atoms with Crippen molar-refractivity contribution in [1.29, 1.82) is 0 Å². The number of nitro groups is 1. The number of benzene rings is 3. The maximum absolute atomic E-state index is 12.9. The van der Waals surface area contributed by atoms with E-state index in [1.807, 2.05) is 13.0 Å². The Labute approximate surface area is 196 Å². The molecule has 0 aromatic heterocycles. The Morgan fingerprint density at radius 2 is 1.74 bits per heavy atom. The molecule has 0 fully saturated rings. The van der Waals surface area contributed by atoms with Crippen LogP contribution in [0, 0.1) is 24.0 Å². The van der Waals surface area contributed by atoms with Gasteiger partial charge in [0.05, 0.1) is 21.2 Å². The molecule has 0 saturated carbocycles.